The summed E-state index contributed by atoms with van der Waals surface area (Å²) >= 11 is 0. The van der Waals surface area contributed by atoms with Gasteiger partial charge in [-0.3, -0.25) is 10.1 Å². The summed E-state index contributed by atoms with van der Waals surface area (Å²) in [5.41, 5.74) is -0.533. The Morgan fingerprint density at radius 3 is 2.00 bits per heavy atom. The van der Waals surface area contributed by atoms with Gasteiger partial charge in [0.1, 0.15) is 0 Å². The van der Waals surface area contributed by atoms with Crippen molar-refractivity contribution in [2.75, 3.05) is 14.2 Å². The van der Waals surface area contributed by atoms with Crippen molar-refractivity contribution in [2.24, 2.45) is 0 Å². The summed E-state index contributed by atoms with van der Waals surface area (Å²) in [5.74, 6) is -1.52. The Bertz CT molecular complexity index is 417. The Hall–Kier alpha value is -2.31. The third-order valence-electron chi connectivity index (χ3n) is 1.91. The lowest BCUT2D eigenvalue weighted by molar-refractivity contribution is -0.386. The third-order valence-corrected chi connectivity index (χ3v) is 1.91. The molecule has 16 heavy (non-hydrogen) atoms. The summed E-state index contributed by atoms with van der Waals surface area (Å²) in [7, 11) is 2.43. The van der Waals surface area contributed by atoms with Gasteiger partial charge in [0.05, 0.1) is 24.7 Å². The number of hydrogen-bond acceptors (Lipinski definition) is 5. The molecule has 0 fully saturated rings. The van der Waals surface area contributed by atoms with E-state index in [0.717, 1.165) is 12.1 Å². The maximum absolute atomic E-state index is 10.7. The molecule has 0 atom stereocenters. The van der Waals surface area contributed by atoms with Crippen LogP contribution >= 0.6 is 0 Å². The fraction of sp³-hybridized carbons (Fsp3) is 0.222. The van der Waals surface area contributed by atoms with Gasteiger partial charge in [-0.05, 0) is 0 Å². The summed E-state index contributed by atoms with van der Waals surface area (Å²) in [4.78, 5) is 20.8. The number of aromatic carboxylic acids is 1. The lowest BCUT2D eigenvalue weighted by atomic mass is 10.1. The number of nitro groups is 1. The van der Waals surface area contributed by atoms with Gasteiger partial charge in [0.15, 0.2) is 0 Å². The molecule has 0 aliphatic carbocycles. The number of carboxylic acid groups (broad SMARTS) is 1. The first-order valence-corrected chi connectivity index (χ1v) is 4.15. The van der Waals surface area contributed by atoms with Crippen LogP contribution in [0.25, 0.3) is 0 Å². The minimum absolute atomic E-state index is 0.140. The maximum Gasteiger partial charge on any atom is 0.352 e. The van der Waals surface area contributed by atoms with Crippen molar-refractivity contribution in [3.05, 3.63) is 27.8 Å². The van der Waals surface area contributed by atoms with E-state index < -0.39 is 16.6 Å². The SMILES string of the molecule is COc1cc(C(=O)O)cc(OC)c1[N+](=O)[O-]. The zero-order valence-electron chi connectivity index (χ0n) is 8.59. The van der Waals surface area contributed by atoms with E-state index >= 15 is 0 Å². The van der Waals surface area contributed by atoms with Gasteiger partial charge in [0.2, 0.25) is 11.5 Å². The van der Waals surface area contributed by atoms with Crippen molar-refractivity contribution < 1.29 is 24.3 Å². The lowest BCUT2D eigenvalue weighted by Crippen LogP contribution is -2.02. The molecule has 0 aromatic heterocycles. The van der Waals surface area contributed by atoms with Gasteiger partial charge < -0.3 is 14.6 Å². The molecule has 0 heterocycles. The topological polar surface area (TPSA) is 98.9 Å². The number of nitrogens with zero attached hydrogens (tertiary/aromatic N) is 1. The zero-order chi connectivity index (χ0) is 12.3. The summed E-state index contributed by atoms with van der Waals surface area (Å²) in [6.07, 6.45) is 0. The average Bonchev–Trinajstić information content (AvgIpc) is 2.26. The zero-order valence-corrected chi connectivity index (χ0v) is 8.59. The van der Waals surface area contributed by atoms with Gasteiger partial charge in [-0.15, -0.1) is 0 Å². The van der Waals surface area contributed by atoms with Crippen molar-refractivity contribution in [2.45, 2.75) is 0 Å². The van der Waals surface area contributed by atoms with E-state index in [1.165, 1.54) is 14.2 Å². The van der Waals surface area contributed by atoms with Gasteiger partial charge in [-0.25, -0.2) is 4.79 Å². The minimum atomic E-state index is -1.22. The molecule has 86 valence electrons. The normalized spacial score (nSPS) is 9.62. The van der Waals surface area contributed by atoms with Crippen LogP contribution in [0.3, 0.4) is 0 Å². The highest BCUT2D eigenvalue weighted by molar-refractivity contribution is 5.90. The molecule has 0 radical (unpaired) electrons. The average molecular weight is 227 g/mol. The number of ether oxygens (including phenoxy) is 2. The molecule has 0 aliphatic heterocycles. The van der Waals surface area contributed by atoms with Gasteiger partial charge in [-0.1, -0.05) is 0 Å². The van der Waals surface area contributed by atoms with Crippen molar-refractivity contribution in [1.29, 1.82) is 0 Å². The molecule has 0 unspecified atom stereocenters. The first kappa shape index (κ1) is 11.8. The molecule has 0 saturated carbocycles. The van der Waals surface area contributed by atoms with Crippen LogP contribution in [0.2, 0.25) is 0 Å². The molecule has 0 saturated heterocycles. The summed E-state index contributed by atoms with van der Waals surface area (Å²) in [5, 5.41) is 19.5. The Balaban J connectivity index is 3.49. The number of carbonyl (C=O) groups is 1. The number of benzene rings is 1. The monoisotopic (exact) mass is 227 g/mol. The highest BCUT2D eigenvalue weighted by atomic mass is 16.6. The molecule has 1 aromatic carbocycles. The number of hydrogen-bond donors (Lipinski definition) is 1. The fourth-order valence-corrected chi connectivity index (χ4v) is 1.20. The van der Waals surface area contributed by atoms with Crippen LogP contribution < -0.4 is 9.47 Å². The van der Waals surface area contributed by atoms with Crippen LogP contribution in [0.5, 0.6) is 11.5 Å². The second-order valence-electron chi connectivity index (χ2n) is 2.79. The first-order valence-electron chi connectivity index (χ1n) is 4.15. The maximum atomic E-state index is 10.7. The minimum Gasteiger partial charge on any atom is -0.490 e. The summed E-state index contributed by atoms with van der Waals surface area (Å²) in [6.45, 7) is 0. The van der Waals surface area contributed by atoms with E-state index in [-0.39, 0.29) is 17.1 Å². The highest BCUT2D eigenvalue weighted by Crippen LogP contribution is 2.37. The van der Waals surface area contributed by atoms with Crippen LogP contribution in [-0.4, -0.2) is 30.2 Å². The van der Waals surface area contributed by atoms with Crippen LogP contribution in [0.15, 0.2) is 12.1 Å². The standard InChI is InChI=1S/C9H9NO6/c1-15-6-3-5(9(11)12)4-7(16-2)8(6)10(13)14/h3-4H,1-2H3,(H,11,12). The second kappa shape index (κ2) is 4.47. The molecule has 7 nitrogen and oxygen atoms in total. The predicted octanol–water partition coefficient (Wildman–Crippen LogP) is 1.31. The first-order chi connectivity index (χ1) is 7.51. The van der Waals surface area contributed by atoms with Gasteiger partial charge >= 0.3 is 11.7 Å². The molecule has 0 aliphatic rings. The molecular formula is C9H9NO6. The molecule has 7 heteroatoms. The number of nitro benzene ring substituents is 1. The van der Waals surface area contributed by atoms with E-state index in [4.69, 9.17) is 14.6 Å². The van der Waals surface area contributed by atoms with Crippen molar-refractivity contribution in [1.82, 2.24) is 0 Å². The Labute approximate surface area is 90.4 Å². The predicted molar refractivity (Wildman–Crippen MR) is 53.2 cm³/mol. The van der Waals surface area contributed by atoms with E-state index in [9.17, 15) is 14.9 Å². The molecule has 1 aromatic rings. The number of rotatable bonds is 4. The highest BCUT2D eigenvalue weighted by Gasteiger charge is 2.24. The summed E-state index contributed by atoms with van der Waals surface area (Å²) in [6, 6.07) is 2.14. The summed E-state index contributed by atoms with van der Waals surface area (Å²) < 4.78 is 9.51. The lowest BCUT2D eigenvalue weighted by Gasteiger charge is -2.07. The second-order valence-corrected chi connectivity index (χ2v) is 2.79. The van der Waals surface area contributed by atoms with Crippen LogP contribution in [0, 0.1) is 10.1 Å². The quantitative estimate of drug-likeness (QED) is 0.614. The molecule has 0 bridgehead atoms. The van der Waals surface area contributed by atoms with E-state index in [0.29, 0.717) is 0 Å². The molecule has 0 spiro atoms. The Morgan fingerprint density at radius 2 is 1.75 bits per heavy atom. The van der Waals surface area contributed by atoms with E-state index in [1.807, 2.05) is 0 Å². The third kappa shape index (κ3) is 2.02. The van der Waals surface area contributed by atoms with Crippen LogP contribution in [-0.2, 0) is 0 Å². The smallest absolute Gasteiger partial charge is 0.352 e. The Kier molecular flexibility index (Phi) is 3.29. The van der Waals surface area contributed by atoms with E-state index in [2.05, 4.69) is 0 Å². The molecule has 1 rings (SSSR count). The van der Waals surface area contributed by atoms with Gasteiger partial charge in [0.25, 0.3) is 0 Å². The number of methoxy groups -OCH3 is 2. The van der Waals surface area contributed by atoms with Crippen molar-refractivity contribution >= 4 is 11.7 Å². The molecular weight excluding hydrogens is 218 g/mol. The van der Waals surface area contributed by atoms with Crippen LogP contribution in [0.1, 0.15) is 10.4 Å². The van der Waals surface area contributed by atoms with E-state index in [1.54, 1.807) is 0 Å². The van der Waals surface area contributed by atoms with Crippen LogP contribution in [0.4, 0.5) is 5.69 Å². The van der Waals surface area contributed by atoms with Gasteiger partial charge in [0, 0.05) is 12.1 Å². The fourth-order valence-electron chi connectivity index (χ4n) is 1.20. The molecule has 1 N–H and O–H groups in total. The van der Waals surface area contributed by atoms with Crippen molar-refractivity contribution in [3.8, 4) is 11.5 Å². The van der Waals surface area contributed by atoms with Gasteiger partial charge in [-0.2, -0.15) is 0 Å². The molecule has 0 amide bonds. The largest absolute Gasteiger partial charge is 0.490 e. The van der Waals surface area contributed by atoms with Crippen molar-refractivity contribution in [3.63, 3.8) is 0 Å². The number of carboxylic acids is 1. The Morgan fingerprint density at radius 1 is 1.31 bits per heavy atom.